The second-order valence-corrected chi connectivity index (χ2v) is 3.68. The van der Waals surface area contributed by atoms with Gasteiger partial charge in [-0.1, -0.05) is 6.07 Å². The second kappa shape index (κ2) is 5.05. The largest absolute Gasteiger partial charge is 0.496 e. The van der Waals surface area contributed by atoms with Crippen LogP contribution in [0.1, 0.15) is 11.7 Å². The molecule has 1 saturated heterocycles. The monoisotopic (exact) mass is 237 g/mol. The molecule has 0 unspecified atom stereocenters. The van der Waals surface area contributed by atoms with Gasteiger partial charge in [0, 0.05) is 6.54 Å². The van der Waals surface area contributed by atoms with Crippen LogP contribution in [-0.2, 0) is 9.53 Å². The smallest absolute Gasteiger partial charge is 0.246 e. The number of hydrogen-bond acceptors (Lipinski definition) is 4. The maximum absolute atomic E-state index is 11.1. The van der Waals surface area contributed by atoms with Crippen molar-refractivity contribution in [2.24, 2.45) is 0 Å². The molecule has 1 fully saturated rings. The van der Waals surface area contributed by atoms with E-state index in [1.54, 1.807) is 14.2 Å². The Bertz CT molecular complexity index is 387. The van der Waals surface area contributed by atoms with Gasteiger partial charge < -0.3 is 19.5 Å². The lowest BCUT2D eigenvalue weighted by Gasteiger charge is -2.26. The van der Waals surface area contributed by atoms with Gasteiger partial charge in [0.25, 0.3) is 0 Å². The molecule has 1 atom stereocenters. The molecule has 0 bridgehead atoms. The Morgan fingerprint density at radius 1 is 1.29 bits per heavy atom. The van der Waals surface area contributed by atoms with E-state index in [1.807, 2.05) is 18.2 Å². The molecule has 1 aromatic carbocycles. The van der Waals surface area contributed by atoms with Crippen molar-refractivity contribution in [3.8, 4) is 11.5 Å². The molecule has 92 valence electrons. The third-order valence-corrected chi connectivity index (χ3v) is 2.69. The van der Waals surface area contributed by atoms with Crippen molar-refractivity contribution in [2.75, 3.05) is 27.4 Å². The number of methoxy groups -OCH3 is 2. The zero-order valence-corrected chi connectivity index (χ0v) is 9.86. The van der Waals surface area contributed by atoms with Crippen LogP contribution in [0.4, 0.5) is 0 Å². The highest BCUT2D eigenvalue weighted by Crippen LogP contribution is 2.36. The summed E-state index contributed by atoms with van der Waals surface area (Å²) in [6.07, 6.45) is -0.237. The number of rotatable bonds is 3. The van der Waals surface area contributed by atoms with Crippen LogP contribution < -0.4 is 14.8 Å². The Labute approximate surface area is 99.7 Å². The molecule has 5 heteroatoms. The SMILES string of the molecule is COc1cccc(OC)c1[C@H]1CNC(=O)CO1. The fourth-order valence-corrected chi connectivity index (χ4v) is 1.88. The van der Waals surface area contributed by atoms with Crippen LogP contribution in [0.5, 0.6) is 11.5 Å². The van der Waals surface area contributed by atoms with E-state index in [9.17, 15) is 4.79 Å². The standard InChI is InChI=1S/C12H15NO4/c1-15-8-4-3-5-9(16-2)12(8)10-6-13-11(14)7-17-10/h3-5,10H,6-7H2,1-2H3,(H,13,14)/t10-/m1/s1. The van der Waals surface area contributed by atoms with Gasteiger partial charge in [-0.15, -0.1) is 0 Å². The van der Waals surface area contributed by atoms with Crippen molar-refractivity contribution < 1.29 is 19.0 Å². The van der Waals surface area contributed by atoms with Gasteiger partial charge in [-0.05, 0) is 12.1 Å². The minimum absolute atomic E-state index is 0.0614. The van der Waals surface area contributed by atoms with Crippen molar-refractivity contribution in [1.29, 1.82) is 0 Å². The number of benzene rings is 1. The number of nitrogens with one attached hydrogen (secondary N) is 1. The predicted molar refractivity (Wildman–Crippen MR) is 61.2 cm³/mol. The highest BCUT2D eigenvalue weighted by molar-refractivity contribution is 5.78. The van der Waals surface area contributed by atoms with Gasteiger partial charge in [0.15, 0.2) is 0 Å². The number of carbonyl (C=O) groups is 1. The van der Waals surface area contributed by atoms with E-state index in [4.69, 9.17) is 14.2 Å². The van der Waals surface area contributed by atoms with E-state index in [0.717, 1.165) is 5.56 Å². The van der Waals surface area contributed by atoms with Crippen LogP contribution in [0.15, 0.2) is 18.2 Å². The first-order chi connectivity index (χ1) is 8.26. The number of amides is 1. The molecule has 0 radical (unpaired) electrons. The normalized spacial score (nSPS) is 19.6. The van der Waals surface area contributed by atoms with Gasteiger partial charge in [0.1, 0.15) is 24.2 Å². The van der Waals surface area contributed by atoms with Crippen molar-refractivity contribution in [1.82, 2.24) is 5.32 Å². The molecule has 17 heavy (non-hydrogen) atoms. The summed E-state index contributed by atoms with van der Waals surface area (Å²) in [5.74, 6) is 1.30. The third-order valence-electron chi connectivity index (χ3n) is 2.69. The second-order valence-electron chi connectivity index (χ2n) is 3.68. The minimum Gasteiger partial charge on any atom is -0.496 e. The molecular formula is C12H15NO4. The third kappa shape index (κ3) is 2.34. The Hall–Kier alpha value is -1.75. The fraction of sp³-hybridized carbons (Fsp3) is 0.417. The number of carbonyl (C=O) groups excluding carboxylic acids is 1. The summed E-state index contributed by atoms with van der Waals surface area (Å²) in [6, 6.07) is 5.54. The van der Waals surface area contributed by atoms with Gasteiger partial charge in [0.05, 0.1) is 19.8 Å². The topological polar surface area (TPSA) is 56.8 Å². The van der Waals surface area contributed by atoms with Gasteiger partial charge in [-0.3, -0.25) is 4.79 Å². The van der Waals surface area contributed by atoms with Gasteiger partial charge in [-0.25, -0.2) is 0 Å². The van der Waals surface area contributed by atoms with Crippen molar-refractivity contribution in [3.05, 3.63) is 23.8 Å². The van der Waals surface area contributed by atoms with Crippen LogP contribution in [0.2, 0.25) is 0 Å². The van der Waals surface area contributed by atoms with Gasteiger partial charge in [-0.2, -0.15) is 0 Å². The fourth-order valence-electron chi connectivity index (χ4n) is 1.88. The average Bonchev–Trinajstić information content (AvgIpc) is 2.38. The Kier molecular flexibility index (Phi) is 3.49. The Balaban J connectivity index is 2.32. The first kappa shape index (κ1) is 11.7. The molecule has 5 nitrogen and oxygen atoms in total. The number of ether oxygens (including phenoxy) is 3. The highest BCUT2D eigenvalue weighted by Gasteiger charge is 2.26. The summed E-state index contributed by atoms with van der Waals surface area (Å²) in [7, 11) is 3.19. The van der Waals surface area contributed by atoms with E-state index in [2.05, 4.69) is 5.32 Å². The summed E-state index contributed by atoms with van der Waals surface area (Å²) >= 11 is 0. The predicted octanol–water partition coefficient (Wildman–Crippen LogP) is 0.891. The molecule has 1 heterocycles. The Morgan fingerprint density at radius 2 is 1.94 bits per heavy atom. The highest BCUT2D eigenvalue weighted by atomic mass is 16.5. The molecule has 0 saturated carbocycles. The lowest BCUT2D eigenvalue weighted by molar-refractivity contribution is -0.133. The van der Waals surface area contributed by atoms with E-state index < -0.39 is 0 Å². The molecule has 0 aliphatic carbocycles. The summed E-state index contributed by atoms with van der Waals surface area (Å²) in [4.78, 5) is 11.1. The van der Waals surface area contributed by atoms with Crippen molar-refractivity contribution in [2.45, 2.75) is 6.10 Å². The summed E-state index contributed by atoms with van der Waals surface area (Å²) in [5.41, 5.74) is 0.831. The van der Waals surface area contributed by atoms with Gasteiger partial charge in [0.2, 0.25) is 5.91 Å². The lowest BCUT2D eigenvalue weighted by atomic mass is 10.1. The van der Waals surface area contributed by atoms with Crippen LogP contribution in [0.25, 0.3) is 0 Å². The van der Waals surface area contributed by atoms with Crippen LogP contribution in [0.3, 0.4) is 0 Å². The van der Waals surface area contributed by atoms with Crippen molar-refractivity contribution in [3.63, 3.8) is 0 Å². The molecule has 1 aliphatic heterocycles. The lowest BCUT2D eigenvalue weighted by Crippen LogP contribution is -2.38. The maximum Gasteiger partial charge on any atom is 0.246 e. The summed E-state index contributed by atoms with van der Waals surface area (Å²) in [6.45, 7) is 0.488. The van der Waals surface area contributed by atoms with Crippen LogP contribution in [-0.4, -0.2) is 33.3 Å². The molecule has 1 N–H and O–H groups in total. The molecule has 0 spiro atoms. The molecule has 1 amide bonds. The molecular weight excluding hydrogens is 222 g/mol. The molecule has 1 aromatic rings. The Morgan fingerprint density at radius 3 is 2.41 bits per heavy atom. The summed E-state index contributed by atoms with van der Waals surface area (Å²) in [5, 5.41) is 2.76. The number of hydrogen-bond donors (Lipinski definition) is 1. The van der Waals surface area contributed by atoms with Crippen LogP contribution in [0, 0.1) is 0 Å². The average molecular weight is 237 g/mol. The molecule has 1 aliphatic rings. The quantitative estimate of drug-likeness (QED) is 0.848. The molecule has 0 aromatic heterocycles. The maximum atomic E-state index is 11.1. The van der Waals surface area contributed by atoms with E-state index in [0.29, 0.717) is 18.0 Å². The zero-order valence-electron chi connectivity index (χ0n) is 9.86. The van der Waals surface area contributed by atoms with E-state index >= 15 is 0 Å². The number of morpholine rings is 1. The van der Waals surface area contributed by atoms with Crippen molar-refractivity contribution >= 4 is 5.91 Å². The minimum atomic E-state index is -0.237. The first-order valence-electron chi connectivity index (χ1n) is 5.35. The summed E-state index contributed by atoms with van der Waals surface area (Å²) < 4.78 is 16.1. The molecule has 2 rings (SSSR count). The first-order valence-corrected chi connectivity index (χ1v) is 5.35. The van der Waals surface area contributed by atoms with Gasteiger partial charge >= 0.3 is 0 Å². The van der Waals surface area contributed by atoms with Crippen LogP contribution >= 0.6 is 0 Å². The van der Waals surface area contributed by atoms with E-state index in [-0.39, 0.29) is 18.6 Å². The van der Waals surface area contributed by atoms with E-state index in [1.165, 1.54) is 0 Å². The zero-order chi connectivity index (χ0) is 12.3.